The average molecular weight is 462 g/mol. The van der Waals surface area contributed by atoms with Crippen molar-refractivity contribution in [3.63, 3.8) is 0 Å². The predicted octanol–water partition coefficient (Wildman–Crippen LogP) is -1.47. The van der Waals surface area contributed by atoms with Crippen molar-refractivity contribution in [1.29, 1.82) is 0 Å². The lowest BCUT2D eigenvalue weighted by atomic mass is 10.0. The van der Waals surface area contributed by atoms with E-state index in [0.717, 1.165) is 0 Å². The number of hydrogen-bond donors (Lipinski definition) is 1. The molecule has 0 aromatic rings. The molecule has 32 heavy (non-hydrogen) atoms. The third-order valence-electron chi connectivity index (χ3n) is 5.70. The number of ether oxygens (including phenoxy) is 10. The van der Waals surface area contributed by atoms with E-state index in [1.54, 1.807) is 0 Å². The molecular weight excluding hydrogens is 428 g/mol. The average Bonchev–Trinajstić information content (AvgIpc) is 3.62. The molecule has 0 radical (unpaired) electrons. The summed E-state index contributed by atoms with van der Waals surface area (Å²) >= 11 is 0. The van der Waals surface area contributed by atoms with Crippen molar-refractivity contribution in [1.82, 2.24) is 0 Å². The van der Waals surface area contributed by atoms with Crippen LogP contribution < -0.4 is 0 Å². The van der Waals surface area contributed by atoms with Gasteiger partial charge in [-0.3, -0.25) is 0 Å². The molecule has 0 bridgehead atoms. The number of aliphatic hydroxyl groups is 1. The van der Waals surface area contributed by atoms with Crippen molar-refractivity contribution in [2.45, 2.75) is 54.9 Å². The van der Waals surface area contributed by atoms with Crippen LogP contribution in [0.15, 0.2) is 0 Å². The normalized spacial score (nSPS) is 35.7. The van der Waals surface area contributed by atoms with Crippen molar-refractivity contribution in [3.8, 4) is 0 Å². The molecule has 184 valence electrons. The van der Waals surface area contributed by atoms with Gasteiger partial charge in [-0.05, 0) is 0 Å². The Morgan fingerprint density at radius 1 is 0.562 bits per heavy atom. The van der Waals surface area contributed by atoms with E-state index in [1.807, 2.05) is 0 Å². The predicted molar refractivity (Wildman–Crippen MR) is 106 cm³/mol. The first-order valence-corrected chi connectivity index (χ1v) is 11.5. The fourth-order valence-electron chi connectivity index (χ4n) is 3.30. The van der Waals surface area contributed by atoms with Crippen LogP contribution in [0.4, 0.5) is 0 Å². The zero-order chi connectivity index (χ0) is 21.8. The second-order valence-corrected chi connectivity index (χ2v) is 8.89. The van der Waals surface area contributed by atoms with E-state index in [4.69, 9.17) is 47.4 Å². The van der Waals surface area contributed by atoms with Crippen LogP contribution in [0.25, 0.3) is 0 Å². The molecule has 1 N–H and O–H groups in total. The highest BCUT2D eigenvalue weighted by Crippen LogP contribution is 2.23. The summed E-state index contributed by atoms with van der Waals surface area (Å²) in [5.41, 5.74) is 0. The first-order chi connectivity index (χ1) is 15.7. The van der Waals surface area contributed by atoms with Gasteiger partial charge < -0.3 is 52.5 Å². The van der Waals surface area contributed by atoms with Crippen molar-refractivity contribution in [3.05, 3.63) is 0 Å². The van der Waals surface area contributed by atoms with E-state index >= 15 is 0 Å². The first kappa shape index (κ1) is 23.3. The molecular formula is C21H34O11. The van der Waals surface area contributed by atoms with Gasteiger partial charge in [0.2, 0.25) is 0 Å². The maximum absolute atomic E-state index is 11.0. The van der Waals surface area contributed by atoms with E-state index in [1.165, 1.54) is 0 Å². The summed E-state index contributed by atoms with van der Waals surface area (Å²) < 4.78 is 56.3. The van der Waals surface area contributed by atoms with Gasteiger partial charge in [0.1, 0.15) is 54.9 Å². The van der Waals surface area contributed by atoms with Gasteiger partial charge in [0.25, 0.3) is 0 Å². The summed E-state index contributed by atoms with van der Waals surface area (Å²) in [6.45, 7) is 5.92. The zero-order valence-electron chi connectivity index (χ0n) is 18.2. The summed E-state index contributed by atoms with van der Waals surface area (Å²) in [6.07, 6.45) is -2.23. The Morgan fingerprint density at radius 2 is 0.969 bits per heavy atom. The third-order valence-corrected chi connectivity index (χ3v) is 5.70. The molecule has 0 spiro atoms. The Balaban J connectivity index is 1.23. The second-order valence-electron chi connectivity index (χ2n) is 8.89. The molecule has 5 saturated heterocycles. The molecule has 5 fully saturated rings. The number of rotatable bonds is 20. The Bertz CT molecular complexity index is 560. The van der Waals surface area contributed by atoms with Crippen LogP contribution in [-0.2, 0) is 47.4 Å². The molecule has 0 amide bonds. The van der Waals surface area contributed by atoms with Gasteiger partial charge in [-0.25, -0.2) is 0 Å². The minimum atomic E-state index is -0.923. The van der Waals surface area contributed by atoms with E-state index in [2.05, 4.69) is 0 Å². The van der Waals surface area contributed by atoms with Gasteiger partial charge in [0, 0.05) is 0 Å². The summed E-state index contributed by atoms with van der Waals surface area (Å²) in [5, 5.41) is 11.0. The standard InChI is InChI=1S/C21H34O11/c22-18(11-23-1-13-3-25-13)20(31-9-16-6-28-16)21(32-10-17-7-29-17)19(30-8-15-5-27-15)12-24-2-14-4-26-14/h13-22H,1-12H2. The number of hydrogen-bond acceptors (Lipinski definition) is 11. The third kappa shape index (κ3) is 8.41. The molecule has 0 saturated carbocycles. The van der Waals surface area contributed by atoms with Gasteiger partial charge in [-0.15, -0.1) is 0 Å². The van der Waals surface area contributed by atoms with Gasteiger partial charge >= 0.3 is 0 Å². The molecule has 5 aliphatic heterocycles. The number of aliphatic hydroxyl groups excluding tert-OH is 1. The molecule has 11 heteroatoms. The lowest BCUT2D eigenvalue weighted by molar-refractivity contribution is -0.190. The van der Waals surface area contributed by atoms with Crippen LogP contribution in [0.1, 0.15) is 0 Å². The highest BCUT2D eigenvalue weighted by atomic mass is 16.6. The molecule has 5 heterocycles. The van der Waals surface area contributed by atoms with E-state index in [9.17, 15) is 5.11 Å². The minimum absolute atomic E-state index is 0.0420. The van der Waals surface area contributed by atoms with Crippen LogP contribution in [0.2, 0.25) is 0 Å². The van der Waals surface area contributed by atoms with Crippen molar-refractivity contribution in [2.75, 3.05) is 79.3 Å². The quantitative estimate of drug-likeness (QED) is 0.213. The molecule has 11 nitrogen and oxygen atoms in total. The molecule has 0 aromatic carbocycles. The summed E-state index contributed by atoms with van der Waals surface area (Å²) in [5.74, 6) is 0. The van der Waals surface area contributed by atoms with Crippen LogP contribution in [0.3, 0.4) is 0 Å². The smallest absolute Gasteiger partial charge is 0.115 e. The minimum Gasteiger partial charge on any atom is -0.388 e. The summed E-state index contributed by atoms with van der Waals surface area (Å²) in [6, 6.07) is 0. The van der Waals surface area contributed by atoms with Crippen molar-refractivity contribution < 1.29 is 52.5 Å². The monoisotopic (exact) mass is 462 g/mol. The van der Waals surface area contributed by atoms with Crippen LogP contribution >= 0.6 is 0 Å². The highest BCUT2D eigenvalue weighted by Gasteiger charge is 2.41. The van der Waals surface area contributed by atoms with Gasteiger partial charge in [-0.1, -0.05) is 0 Å². The summed E-state index contributed by atoms with van der Waals surface area (Å²) in [4.78, 5) is 0. The van der Waals surface area contributed by atoms with E-state index < -0.39 is 24.4 Å². The summed E-state index contributed by atoms with van der Waals surface area (Å²) in [7, 11) is 0. The molecule has 9 atom stereocenters. The second kappa shape index (κ2) is 11.3. The molecule has 9 unspecified atom stereocenters. The van der Waals surface area contributed by atoms with Gasteiger partial charge in [0.15, 0.2) is 0 Å². The fraction of sp³-hybridized carbons (Fsp3) is 1.00. The fourth-order valence-corrected chi connectivity index (χ4v) is 3.30. The molecule has 5 rings (SSSR count). The van der Waals surface area contributed by atoms with E-state index in [-0.39, 0.29) is 43.7 Å². The maximum Gasteiger partial charge on any atom is 0.115 e. The van der Waals surface area contributed by atoms with E-state index in [0.29, 0.717) is 66.1 Å². The topological polar surface area (TPSA) is 129 Å². The Hall–Kier alpha value is -0.440. The molecule has 0 aromatic heterocycles. The van der Waals surface area contributed by atoms with Gasteiger partial charge in [-0.2, -0.15) is 0 Å². The largest absolute Gasteiger partial charge is 0.388 e. The van der Waals surface area contributed by atoms with Crippen LogP contribution in [-0.4, -0.2) is 139 Å². The highest BCUT2D eigenvalue weighted by molar-refractivity contribution is 4.88. The first-order valence-electron chi connectivity index (χ1n) is 11.5. The maximum atomic E-state index is 11.0. The van der Waals surface area contributed by atoms with Gasteiger partial charge in [0.05, 0.1) is 79.3 Å². The van der Waals surface area contributed by atoms with Crippen LogP contribution in [0, 0.1) is 0 Å². The Kier molecular flexibility index (Phi) is 8.25. The SMILES string of the molecule is OC(COCC1CO1)C(OCC1CO1)C(OCC1CO1)C(COCC1CO1)OCC1CO1. The van der Waals surface area contributed by atoms with Crippen molar-refractivity contribution >= 4 is 0 Å². The van der Waals surface area contributed by atoms with Crippen molar-refractivity contribution in [2.24, 2.45) is 0 Å². The van der Waals surface area contributed by atoms with Crippen LogP contribution in [0.5, 0.6) is 0 Å². The number of epoxide rings is 5. The lowest BCUT2D eigenvalue weighted by Gasteiger charge is -2.35. The molecule has 5 aliphatic rings. The zero-order valence-corrected chi connectivity index (χ0v) is 18.2. The Labute approximate surface area is 187 Å². The lowest BCUT2D eigenvalue weighted by Crippen LogP contribution is -2.52. The Morgan fingerprint density at radius 3 is 1.47 bits per heavy atom. The molecule has 0 aliphatic carbocycles.